The molecule has 0 radical (unpaired) electrons. The highest BCUT2D eigenvalue weighted by Crippen LogP contribution is 2.14. The molecule has 0 rings (SSSR count). The molecule has 2 N–H and O–H groups in total. The lowest BCUT2D eigenvalue weighted by atomic mass is 9.93. The zero-order valence-corrected chi connectivity index (χ0v) is 11.5. The number of nitrogens with one attached hydrogen (secondary N) is 1. The normalized spacial score (nSPS) is 13.4. The fraction of sp³-hybridized carbons (Fsp3) is 1.00. The Morgan fingerprint density at radius 3 is 2.31 bits per heavy atom. The van der Waals surface area contributed by atoms with E-state index in [2.05, 4.69) is 4.72 Å². The van der Waals surface area contributed by atoms with Gasteiger partial charge in [0.2, 0.25) is 10.0 Å². The molecule has 16 heavy (non-hydrogen) atoms. The molecule has 98 valence electrons. The monoisotopic (exact) mass is 252 g/mol. The van der Waals surface area contributed by atoms with Crippen molar-refractivity contribution >= 4 is 10.0 Å². The van der Waals surface area contributed by atoms with Gasteiger partial charge in [-0.25, -0.2) is 13.1 Å². The second-order valence-electron chi connectivity index (χ2n) is 5.12. The van der Waals surface area contributed by atoms with Crippen molar-refractivity contribution in [1.82, 2.24) is 9.62 Å². The summed E-state index contributed by atoms with van der Waals surface area (Å²) >= 11 is 0. The predicted molar refractivity (Wildman–Crippen MR) is 65.8 cm³/mol. The van der Waals surface area contributed by atoms with Crippen LogP contribution in [0.1, 0.15) is 20.3 Å². The van der Waals surface area contributed by atoms with Gasteiger partial charge >= 0.3 is 0 Å². The molecule has 0 heterocycles. The summed E-state index contributed by atoms with van der Waals surface area (Å²) in [6.45, 7) is 5.17. The average Bonchev–Trinajstić information content (AvgIpc) is 2.10. The highest BCUT2D eigenvalue weighted by molar-refractivity contribution is 7.89. The third-order valence-corrected chi connectivity index (χ3v) is 3.50. The van der Waals surface area contributed by atoms with E-state index < -0.39 is 10.0 Å². The smallest absolute Gasteiger partial charge is 0.211 e. The van der Waals surface area contributed by atoms with Crippen LogP contribution >= 0.6 is 0 Å². The summed E-state index contributed by atoms with van der Waals surface area (Å²) in [5, 5.41) is 8.58. The molecule has 0 saturated carbocycles. The van der Waals surface area contributed by atoms with Gasteiger partial charge in [0.15, 0.2) is 0 Å². The number of rotatable bonds is 8. The van der Waals surface area contributed by atoms with Crippen LogP contribution in [-0.4, -0.2) is 58.0 Å². The highest BCUT2D eigenvalue weighted by Gasteiger charge is 2.21. The molecule has 6 heteroatoms. The highest BCUT2D eigenvalue weighted by atomic mass is 32.2. The molecule has 0 atom stereocenters. The van der Waals surface area contributed by atoms with E-state index in [-0.39, 0.29) is 24.2 Å². The zero-order valence-electron chi connectivity index (χ0n) is 10.7. The Bertz CT molecular complexity index is 286. The Labute approximate surface area is 98.9 Å². The summed E-state index contributed by atoms with van der Waals surface area (Å²) in [6, 6.07) is 0. The van der Waals surface area contributed by atoms with Crippen molar-refractivity contribution < 1.29 is 13.5 Å². The minimum absolute atomic E-state index is 0.0124. The van der Waals surface area contributed by atoms with Crippen molar-refractivity contribution in [2.45, 2.75) is 20.3 Å². The summed E-state index contributed by atoms with van der Waals surface area (Å²) < 4.78 is 25.5. The molecule has 0 bridgehead atoms. The third kappa shape index (κ3) is 8.04. The first-order chi connectivity index (χ1) is 7.18. The first-order valence-electron chi connectivity index (χ1n) is 5.41. The standard InChI is InChI=1S/C10H24N2O3S/c1-10(2,9-12(3)4)8-11-16(14,15)7-5-6-13/h11,13H,5-9H2,1-4H3. The summed E-state index contributed by atoms with van der Waals surface area (Å²) in [7, 11) is 0.679. The fourth-order valence-electron chi connectivity index (χ4n) is 1.54. The van der Waals surface area contributed by atoms with Crippen molar-refractivity contribution in [2.75, 3.05) is 39.5 Å². The minimum atomic E-state index is -3.24. The van der Waals surface area contributed by atoms with Gasteiger partial charge in [0, 0.05) is 19.7 Å². The van der Waals surface area contributed by atoms with Crippen LogP contribution in [0.15, 0.2) is 0 Å². The molecule has 0 saturated heterocycles. The van der Waals surface area contributed by atoms with Gasteiger partial charge < -0.3 is 10.0 Å². The quantitative estimate of drug-likeness (QED) is 0.632. The van der Waals surface area contributed by atoms with Gasteiger partial charge in [-0.3, -0.25) is 0 Å². The van der Waals surface area contributed by atoms with Crippen LogP contribution < -0.4 is 4.72 Å². The second-order valence-corrected chi connectivity index (χ2v) is 7.05. The number of aliphatic hydroxyl groups is 1. The van der Waals surface area contributed by atoms with Crippen LogP contribution in [0.4, 0.5) is 0 Å². The SMILES string of the molecule is CN(C)CC(C)(C)CNS(=O)(=O)CCCO. The average molecular weight is 252 g/mol. The first-order valence-corrected chi connectivity index (χ1v) is 7.07. The summed E-state index contributed by atoms with van der Waals surface area (Å²) in [5.41, 5.74) is -0.101. The van der Waals surface area contributed by atoms with Crippen LogP contribution in [0.3, 0.4) is 0 Å². The lowest BCUT2D eigenvalue weighted by Gasteiger charge is -2.28. The third-order valence-electron chi connectivity index (χ3n) is 2.09. The van der Waals surface area contributed by atoms with E-state index in [0.29, 0.717) is 6.54 Å². The summed E-state index contributed by atoms with van der Waals surface area (Å²) in [4.78, 5) is 2.03. The molecule has 0 aromatic rings. The van der Waals surface area contributed by atoms with Crippen molar-refractivity contribution in [3.8, 4) is 0 Å². The number of sulfonamides is 1. The van der Waals surface area contributed by atoms with Gasteiger partial charge in [0.05, 0.1) is 5.75 Å². The van der Waals surface area contributed by atoms with Gasteiger partial charge in [0.1, 0.15) is 0 Å². The van der Waals surface area contributed by atoms with E-state index in [1.54, 1.807) is 0 Å². The van der Waals surface area contributed by atoms with Crippen LogP contribution in [0.2, 0.25) is 0 Å². The maximum absolute atomic E-state index is 11.5. The minimum Gasteiger partial charge on any atom is -0.396 e. The van der Waals surface area contributed by atoms with E-state index in [1.807, 2.05) is 32.8 Å². The van der Waals surface area contributed by atoms with Gasteiger partial charge in [-0.1, -0.05) is 13.8 Å². The van der Waals surface area contributed by atoms with Crippen molar-refractivity contribution in [1.29, 1.82) is 0 Å². The van der Waals surface area contributed by atoms with E-state index in [0.717, 1.165) is 6.54 Å². The first kappa shape index (κ1) is 15.8. The molecule has 0 amide bonds. The molecule has 0 aliphatic carbocycles. The fourth-order valence-corrected chi connectivity index (χ4v) is 2.81. The van der Waals surface area contributed by atoms with Gasteiger partial charge in [-0.15, -0.1) is 0 Å². The predicted octanol–water partition coefficient (Wildman–Crippen LogP) is -0.124. The molecule has 0 aromatic carbocycles. The van der Waals surface area contributed by atoms with Crippen LogP contribution in [0.5, 0.6) is 0 Å². The van der Waals surface area contributed by atoms with Crippen molar-refractivity contribution in [2.24, 2.45) is 5.41 Å². The summed E-state index contributed by atoms with van der Waals surface area (Å²) in [6.07, 6.45) is 0.281. The molecule has 0 spiro atoms. The van der Waals surface area contributed by atoms with Gasteiger partial charge in [-0.2, -0.15) is 0 Å². The number of aliphatic hydroxyl groups excluding tert-OH is 1. The molecule has 0 aromatic heterocycles. The maximum atomic E-state index is 11.5. The number of nitrogens with zero attached hydrogens (tertiary/aromatic N) is 1. The van der Waals surface area contributed by atoms with E-state index in [9.17, 15) is 8.42 Å². The van der Waals surface area contributed by atoms with Gasteiger partial charge in [0.25, 0.3) is 0 Å². The Morgan fingerprint density at radius 2 is 1.88 bits per heavy atom. The Balaban J connectivity index is 4.12. The Hall–Kier alpha value is -0.170. The van der Waals surface area contributed by atoms with E-state index >= 15 is 0 Å². The molecule has 0 aliphatic rings. The Morgan fingerprint density at radius 1 is 1.31 bits per heavy atom. The number of hydrogen-bond acceptors (Lipinski definition) is 4. The summed E-state index contributed by atoms with van der Waals surface area (Å²) in [5.74, 6) is -0.0124. The Kier molecular flexibility index (Phi) is 6.47. The van der Waals surface area contributed by atoms with Crippen LogP contribution in [-0.2, 0) is 10.0 Å². The van der Waals surface area contributed by atoms with Crippen molar-refractivity contribution in [3.63, 3.8) is 0 Å². The topological polar surface area (TPSA) is 69.6 Å². The largest absolute Gasteiger partial charge is 0.396 e. The molecular weight excluding hydrogens is 228 g/mol. The molecule has 0 fully saturated rings. The molecule has 0 unspecified atom stereocenters. The molecule has 5 nitrogen and oxygen atoms in total. The van der Waals surface area contributed by atoms with Crippen molar-refractivity contribution in [3.05, 3.63) is 0 Å². The molecule has 0 aliphatic heterocycles. The number of hydrogen-bond donors (Lipinski definition) is 2. The van der Waals surface area contributed by atoms with Crippen LogP contribution in [0, 0.1) is 5.41 Å². The maximum Gasteiger partial charge on any atom is 0.211 e. The lowest BCUT2D eigenvalue weighted by Crippen LogP contribution is -2.40. The zero-order chi connectivity index (χ0) is 12.8. The van der Waals surface area contributed by atoms with Crippen LogP contribution in [0.25, 0.3) is 0 Å². The van der Waals surface area contributed by atoms with E-state index in [1.165, 1.54) is 0 Å². The lowest BCUT2D eigenvalue weighted by molar-refractivity contribution is 0.242. The van der Waals surface area contributed by atoms with E-state index in [4.69, 9.17) is 5.11 Å². The molecular formula is C10H24N2O3S. The van der Waals surface area contributed by atoms with Gasteiger partial charge in [-0.05, 0) is 25.9 Å². The second kappa shape index (κ2) is 6.54.